The lowest BCUT2D eigenvalue weighted by atomic mass is 10.0. The fourth-order valence-electron chi connectivity index (χ4n) is 3.55. The fraction of sp³-hybridized carbons (Fsp3) is 0.208. The van der Waals surface area contributed by atoms with E-state index in [1.54, 1.807) is 13.4 Å². The van der Waals surface area contributed by atoms with Gasteiger partial charge in [-0.1, -0.05) is 24.3 Å². The number of furan rings is 1. The van der Waals surface area contributed by atoms with Crippen molar-refractivity contribution in [1.29, 1.82) is 0 Å². The fourth-order valence-corrected chi connectivity index (χ4v) is 3.55. The number of nitrogens with zero attached hydrogens (tertiary/aromatic N) is 2. The number of hydrogen-bond acceptors (Lipinski definition) is 4. The maximum Gasteiger partial charge on any atom is 0.134 e. The van der Waals surface area contributed by atoms with Crippen LogP contribution in [0.4, 0.5) is 0 Å². The lowest BCUT2D eigenvalue weighted by Gasteiger charge is -2.16. The average Bonchev–Trinajstić information content (AvgIpc) is 3.42. The van der Waals surface area contributed by atoms with Crippen molar-refractivity contribution >= 4 is 0 Å². The van der Waals surface area contributed by atoms with Crippen LogP contribution in [-0.2, 0) is 6.54 Å². The van der Waals surface area contributed by atoms with Gasteiger partial charge in [0, 0.05) is 29.4 Å². The zero-order chi connectivity index (χ0) is 20.2. The van der Waals surface area contributed by atoms with E-state index in [1.165, 1.54) is 11.1 Å². The molecular weight excluding hydrogens is 362 g/mol. The van der Waals surface area contributed by atoms with Gasteiger partial charge in [-0.05, 0) is 55.8 Å². The molecule has 2 heterocycles. The monoisotopic (exact) mass is 387 g/mol. The van der Waals surface area contributed by atoms with E-state index in [1.807, 2.05) is 53.3 Å². The van der Waals surface area contributed by atoms with Crippen molar-refractivity contribution in [2.75, 3.05) is 7.11 Å². The largest absolute Gasteiger partial charge is 0.497 e. The van der Waals surface area contributed by atoms with Gasteiger partial charge in [0.05, 0.1) is 25.3 Å². The van der Waals surface area contributed by atoms with E-state index in [0.717, 1.165) is 35.0 Å². The van der Waals surface area contributed by atoms with Gasteiger partial charge in [0.1, 0.15) is 11.5 Å². The van der Waals surface area contributed by atoms with Crippen molar-refractivity contribution in [1.82, 2.24) is 15.1 Å². The third-order valence-electron chi connectivity index (χ3n) is 5.23. The zero-order valence-corrected chi connectivity index (χ0v) is 16.9. The van der Waals surface area contributed by atoms with Crippen LogP contribution in [0.5, 0.6) is 5.75 Å². The quantitative estimate of drug-likeness (QED) is 0.467. The summed E-state index contributed by atoms with van der Waals surface area (Å²) in [5, 5.41) is 8.22. The Hall–Kier alpha value is -3.31. The second-order valence-corrected chi connectivity index (χ2v) is 7.03. The van der Waals surface area contributed by atoms with Crippen LogP contribution >= 0.6 is 0 Å². The minimum absolute atomic E-state index is 0.159. The number of ether oxygens (including phenoxy) is 1. The summed E-state index contributed by atoms with van der Waals surface area (Å²) in [5.74, 6) is 1.72. The molecule has 4 aromatic rings. The van der Waals surface area contributed by atoms with Crippen molar-refractivity contribution in [3.05, 3.63) is 89.9 Å². The molecule has 0 unspecified atom stereocenters. The van der Waals surface area contributed by atoms with E-state index in [2.05, 4.69) is 42.5 Å². The smallest absolute Gasteiger partial charge is 0.134 e. The van der Waals surface area contributed by atoms with E-state index in [-0.39, 0.29) is 6.04 Å². The van der Waals surface area contributed by atoms with Crippen molar-refractivity contribution < 1.29 is 9.15 Å². The van der Waals surface area contributed by atoms with Crippen LogP contribution in [0.1, 0.15) is 29.8 Å². The molecule has 2 aromatic carbocycles. The molecule has 5 heteroatoms. The highest BCUT2D eigenvalue weighted by molar-refractivity contribution is 5.61. The second-order valence-electron chi connectivity index (χ2n) is 7.03. The van der Waals surface area contributed by atoms with E-state index in [4.69, 9.17) is 9.15 Å². The number of nitrogens with one attached hydrogen (secondary N) is 1. The Morgan fingerprint density at radius 3 is 2.59 bits per heavy atom. The highest BCUT2D eigenvalue weighted by Crippen LogP contribution is 2.26. The Morgan fingerprint density at radius 2 is 1.86 bits per heavy atom. The molecule has 5 nitrogen and oxygen atoms in total. The summed E-state index contributed by atoms with van der Waals surface area (Å²) in [5.41, 5.74) is 5.63. The van der Waals surface area contributed by atoms with Crippen LogP contribution in [0, 0.1) is 6.92 Å². The number of benzene rings is 2. The van der Waals surface area contributed by atoms with Crippen LogP contribution in [0.3, 0.4) is 0 Å². The normalized spacial score (nSPS) is 12.1. The molecule has 4 rings (SSSR count). The first-order valence-electron chi connectivity index (χ1n) is 9.71. The molecule has 2 aromatic heterocycles. The maximum atomic E-state index is 5.59. The van der Waals surface area contributed by atoms with Crippen LogP contribution in [0.15, 0.2) is 77.5 Å². The molecule has 0 bridgehead atoms. The molecule has 1 N–H and O–H groups in total. The molecule has 148 valence electrons. The van der Waals surface area contributed by atoms with Gasteiger partial charge in [-0.2, -0.15) is 5.10 Å². The van der Waals surface area contributed by atoms with Crippen molar-refractivity contribution in [2.45, 2.75) is 26.4 Å². The molecule has 1 atom stereocenters. The summed E-state index contributed by atoms with van der Waals surface area (Å²) < 4.78 is 12.8. The van der Waals surface area contributed by atoms with E-state index >= 15 is 0 Å². The first kappa shape index (κ1) is 19.0. The Labute approximate surface area is 170 Å². The summed E-state index contributed by atoms with van der Waals surface area (Å²) >= 11 is 0. The van der Waals surface area contributed by atoms with Crippen LogP contribution in [0.25, 0.3) is 17.0 Å². The molecule has 29 heavy (non-hydrogen) atoms. The molecule has 0 radical (unpaired) electrons. The Bertz CT molecular complexity index is 1070. The Balaban J connectivity index is 1.50. The SMILES string of the molecule is COc1ccc(-n2ncc([C@@H](C)NCc3ccccc3-c3ccco3)c2C)cc1. The number of hydrogen-bond donors (Lipinski definition) is 1. The minimum atomic E-state index is 0.159. The van der Waals surface area contributed by atoms with Crippen molar-refractivity contribution in [3.63, 3.8) is 0 Å². The predicted octanol–water partition coefficient (Wildman–Crippen LogP) is 5.30. The van der Waals surface area contributed by atoms with Gasteiger partial charge >= 0.3 is 0 Å². The van der Waals surface area contributed by atoms with Crippen LogP contribution in [0.2, 0.25) is 0 Å². The molecule has 0 aliphatic rings. The summed E-state index contributed by atoms with van der Waals surface area (Å²) in [7, 11) is 1.67. The van der Waals surface area contributed by atoms with Gasteiger partial charge in [-0.15, -0.1) is 0 Å². The molecule has 0 aliphatic carbocycles. The van der Waals surface area contributed by atoms with Gasteiger partial charge in [0.2, 0.25) is 0 Å². The number of methoxy groups -OCH3 is 1. The van der Waals surface area contributed by atoms with E-state index in [9.17, 15) is 0 Å². The summed E-state index contributed by atoms with van der Waals surface area (Å²) in [6.45, 7) is 5.00. The van der Waals surface area contributed by atoms with Crippen molar-refractivity contribution in [3.8, 4) is 22.8 Å². The van der Waals surface area contributed by atoms with Crippen LogP contribution < -0.4 is 10.1 Å². The minimum Gasteiger partial charge on any atom is -0.497 e. The zero-order valence-electron chi connectivity index (χ0n) is 16.9. The van der Waals surface area contributed by atoms with E-state index < -0.39 is 0 Å². The van der Waals surface area contributed by atoms with E-state index in [0.29, 0.717) is 0 Å². The average molecular weight is 387 g/mol. The first-order valence-corrected chi connectivity index (χ1v) is 9.71. The molecule has 0 aliphatic heterocycles. The number of rotatable bonds is 7. The van der Waals surface area contributed by atoms with Gasteiger partial charge in [-0.25, -0.2) is 4.68 Å². The highest BCUT2D eigenvalue weighted by atomic mass is 16.5. The Morgan fingerprint density at radius 1 is 1.07 bits per heavy atom. The standard InChI is InChI=1S/C24H25N3O2/c1-17(25-15-19-7-4-5-8-22(19)24-9-6-14-29-24)23-16-26-27(18(23)2)20-10-12-21(28-3)13-11-20/h4-14,16-17,25H,15H2,1-3H3/t17-/m1/s1. The summed E-state index contributed by atoms with van der Waals surface area (Å²) in [4.78, 5) is 0. The molecule has 0 saturated heterocycles. The first-order chi connectivity index (χ1) is 14.2. The molecule has 0 saturated carbocycles. The van der Waals surface area contributed by atoms with Gasteiger partial charge in [0.25, 0.3) is 0 Å². The van der Waals surface area contributed by atoms with Gasteiger partial charge in [0.15, 0.2) is 0 Å². The highest BCUT2D eigenvalue weighted by Gasteiger charge is 2.15. The van der Waals surface area contributed by atoms with Gasteiger partial charge < -0.3 is 14.5 Å². The third kappa shape index (κ3) is 3.96. The second kappa shape index (κ2) is 8.37. The molecule has 0 amide bonds. The third-order valence-corrected chi connectivity index (χ3v) is 5.23. The summed E-state index contributed by atoms with van der Waals surface area (Å²) in [6.07, 6.45) is 3.65. The molecule has 0 fully saturated rings. The van der Waals surface area contributed by atoms with Gasteiger partial charge in [-0.3, -0.25) is 0 Å². The van der Waals surface area contributed by atoms with Crippen LogP contribution in [-0.4, -0.2) is 16.9 Å². The molecule has 0 spiro atoms. The lowest BCUT2D eigenvalue weighted by Crippen LogP contribution is -2.19. The molecular formula is C24H25N3O2. The topological polar surface area (TPSA) is 52.2 Å². The summed E-state index contributed by atoms with van der Waals surface area (Å²) in [6, 6.07) is 20.3. The van der Waals surface area contributed by atoms with Crippen molar-refractivity contribution in [2.24, 2.45) is 0 Å². The maximum absolute atomic E-state index is 5.59. The Kier molecular flexibility index (Phi) is 5.49. The predicted molar refractivity (Wildman–Crippen MR) is 114 cm³/mol. The lowest BCUT2D eigenvalue weighted by molar-refractivity contribution is 0.414. The number of aromatic nitrogens is 2.